The first-order valence-electron chi connectivity index (χ1n) is 6.15. The van der Waals surface area contributed by atoms with Gasteiger partial charge in [0.25, 0.3) is 0 Å². The molecule has 5 nitrogen and oxygen atoms in total. The lowest BCUT2D eigenvalue weighted by Crippen LogP contribution is -2.44. The molecule has 104 valence electrons. The molecule has 5 heteroatoms. The molecule has 1 aromatic rings. The Morgan fingerprint density at radius 1 is 1.21 bits per heavy atom. The zero-order valence-corrected chi connectivity index (χ0v) is 11.7. The lowest BCUT2D eigenvalue weighted by molar-refractivity contribution is -0.138. The van der Waals surface area contributed by atoms with Gasteiger partial charge in [0.15, 0.2) is 0 Å². The maximum absolute atomic E-state index is 11.5. The Morgan fingerprint density at radius 3 is 2.21 bits per heavy atom. The fraction of sp³-hybridized carbons (Fsp3) is 0.429. The van der Waals surface area contributed by atoms with Crippen LogP contribution >= 0.6 is 0 Å². The van der Waals surface area contributed by atoms with Gasteiger partial charge >= 0.3 is 12.0 Å². The molecule has 0 aliphatic carbocycles. The highest BCUT2D eigenvalue weighted by atomic mass is 16.4. The average Bonchev–Trinajstić information content (AvgIpc) is 2.27. The largest absolute Gasteiger partial charge is 0.480 e. The van der Waals surface area contributed by atoms with Crippen LogP contribution in [0, 0.1) is 20.8 Å². The molecule has 0 radical (unpaired) electrons. The summed E-state index contributed by atoms with van der Waals surface area (Å²) < 4.78 is 0. The van der Waals surface area contributed by atoms with Crippen LogP contribution in [-0.4, -0.2) is 23.1 Å². The summed E-state index contributed by atoms with van der Waals surface area (Å²) in [6, 6.07) is 2.73. The number of urea groups is 1. The van der Waals surface area contributed by atoms with Crippen molar-refractivity contribution in [3.8, 4) is 0 Å². The molecule has 0 aliphatic heterocycles. The van der Waals surface area contributed by atoms with Crippen molar-refractivity contribution in [2.75, 3.05) is 0 Å². The number of hydrogen-bond donors (Lipinski definition) is 3. The number of aliphatic carboxylic acids is 1. The van der Waals surface area contributed by atoms with E-state index < -0.39 is 18.0 Å². The number of amides is 2. The molecule has 1 rings (SSSR count). The van der Waals surface area contributed by atoms with Crippen molar-refractivity contribution in [1.29, 1.82) is 0 Å². The van der Waals surface area contributed by atoms with Crippen molar-refractivity contribution < 1.29 is 14.7 Å². The van der Waals surface area contributed by atoms with Crippen molar-refractivity contribution in [2.24, 2.45) is 0 Å². The van der Waals surface area contributed by atoms with E-state index in [1.807, 2.05) is 20.8 Å². The van der Waals surface area contributed by atoms with E-state index in [-0.39, 0.29) is 0 Å². The van der Waals surface area contributed by atoms with Gasteiger partial charge in [-0.25, -0.2) is 4.79 Å². The van der Waals surface area contributed by atoms with E-state index in [0.29, 0.717) is 6.54 Å². The van der Waals surface area contributed by atoms with Crippen LogP contribution in [0.2, 0.25) is 0 Å². The number of carboxylic acids is 1. The zero-order chi connectivity index (χ0) is 14.6. The van der Waals surface area contributed by atoms with Crippen molar-refractivity contribution in [3.05, 3.63) is 34.4 Å². The van der Waals surface area contributed by atoms with Gasteiger partial charge in [-0.3, -0.25) is 4.79 Å². The summed E-state index contributed by atoms with van der Waals surface area (Å²) in [6.07, 6.45) is 0. The maximum atomic E-state index is 11.5. The van der Waals surface area contributed by atoms with Gasteiger partial charge in [-0.15, -0.1) is 0 Å². The first-order chi connectivity index (χ1) is 8.81. The predicted molar refractivity (Wildman–Crippen MR) is 73.1 cm³/mol. The van der Waals surface area contributed by atoms with Crippen molar-refractivity contribution in [3.63, 3.8) is 0 Å². The minimum Gasteiger partial charge on any atom is -0.480 e. The Kier molecular flexibility index (Phi) is 4.92. The monoisotopic (exact) mass is 264 g/mol. The molecule has 1 atom stereocenters. The molecule has 0 bridgehead atoms. The zero-order valence-electron chi connectivity index (χ0n) is 11.7. The second kappa shape index (κ2) is 6.22. The Labute approximate surface area is 113 Å². The minimum atomic E-state index is -1.06. The van der Waals surface area contributed by atoms with Crippen molar-refractivity contribution in [2.45, 2.75) is 40.3 Å². The van der Waals surface area contributed by atoms with E-state index in [9.17, 15) is 9.59 Å². The molecular formula is C14H20N2O3. The summed E-state index contributed by atoms with van der Waals surface area (Å²) in [7, 11) is 0. The predicted octanol–water partition coefficient (Wildman–Crippen LogP) is 1.88. The highest BCUT2D eigenvalue weighted by molar-refractivity contribution is 5.82. The second-order valence-corrected chi connectivity index (χ2v) is 4.76. The Bertz CT molecular complexity index is 474. The normalized spacial score (nSPS) is 11.8. The van der Waals surface area contributed by atoms with Gasteiger partial charge in [0.2, 0.25) is 0 Å². The maximum Gasteiger partial charge on any atom is 0.325 e. The molecular weight excluding hydrogens is 244 g/mol. The third kappa shape index (κ3) is 4.28. The second-order valence-electron chi connectivity index (χ2n) is 4.76. The van der Waals surface area contributed by atoms with Crippen molar-refractivity contribution >= 4 is 12.0 Å². The highest BCUT2D eigenvalue weighted by Gasteiger charge is 2.13. The number of carbonyl (C=O) groups excluding carboxylic acids is 1. The van der Waals surface area contributed by atoms with Gasteiger partial charge in [0, 0.05) is 6.54 Å². The van der Waals surface area contributed by atoms with Crippen LogP contribution in [0.5, 0.6) is 0 Å². The quantitative estimate of drug-likeness (QED) is 0.777. The summed E-state index contributed by atoms with van der Waals surface area (Å²) in [6.45, 7) is 7.82. The van der Waals surface area contributed by atoms with E-state index in [0.717, 1.165) is 16.7 Å². The van der Waals surface area contributed by atoms with Gasteiger partial charge in [-0.1, -0.05) is 17.7 Å². The van der Waals surface area contributed by atoms with E-state index in [2.05, 4.69) is 22.8 Å². The summed E-state index contributed by atoms with van der Waals surface area (Å²) in [5, 5.41) is 13.7. The van der Waals surface area contributed by atoms with Gasteiger partial charge in [-0.2, -0.15) is 0 Å². The number of benzene rings is 1. The number of hydrogen-bond acceptors (Lipinski definition) is 2. The Morgan fingerprint density at radius 2 is 1.74 bits per heavy atom. The van der Waals surface area contributed by atoms with E-state index >= 15 is 0 Å². The van der Waals surface area contributed by atoms with Crippen LogP contribution in [0.25, 0.3) is 0 Å². The number of carbonyl (C=O) groups is 2. The molecule has 1 aromatic carbocycles. The smallest absolute Gasteiger partial charge is 0.325 e. The molecule has 0 spiro atoms. The summed E-state index contributed by atoms with van der Waals surface area (Å²) in [5.74, 6) is -1.06. The van der Waals surface area contributed by atoms with Crippen LogP contribution in [0.1, 0.15) is 29.2 Å². The summed E-state index contributed by atoms with van der Waals surface area (Å²) in [5.41, 5.74) is 4.47. The Hall–Kier alpha value is -2.04. The molecule has 3 N–H and O–H groups in total. The fourth-order valence-corrected chi connectivity index (χ4v) is 1.97. The van der Waals surface area contributed by atoms with Crippen LogP contribution in [0.3, 0.4) is 0 Å². The van der Waals surface area contributed by atoms with Gasteiger partial charge in [0.1, 0.15) is 6.04 Å². The van der Waals surface area contributed by atoms with Crippen molar-refractivity contribution in [1.82, 2.24) is 10.6 Å². The Balaban J connectivity index is 2.63. The standard InChI is InChI=1S/C14H20N2O3/c1-8-5-9(2)12(10(3)6-8)7-15-14(19)16-11(4)13(17)18/h5-6,11H,7H2,1-4H3,(H,17,18)(H2,15,16,19). The number of nitrogens with one attached hydrogen (secondary N) is 2. The van der Waals surface area contributed by atoms with Gasteiger partial charge < -0.3 is 15.7 Å². The van der Waals surface area contributed by atoms with E-state index in [1.165, 1.54) is 12.5 Å². The molecule has 0 aromatic heterocycles. The first kappa shape index (κ1) is 15.0. The fourth-order valence-electron chi connectivity index (χ4n) is 1.97. The first-order valence-corrected chi connectivity index (χ1v) is 6.15. The van der Waals surface area contributed by atoms with Gasteiger partial charge in [-0.05, 0) is 44.4 Å². The van der Waals surface area contributed by atoms with Crippen LogP contribution in [0.4, 0.5) is 4.79 Å². The molecule has 0 aliphatic rings. The summed E-state index contributed by atoms with van der Waals surface area (Å²) in [4.78, 5) is 22.1. The van der Waals surface area contributed by atoms with Crippen LogP contribution < -0.4 is 10.6 Å². The topological polar surface area (TPSA) is 78.4 Å². The van der Waals surface area contributed by atoms with E-state index in [4.69, 9.17) is 5.11 Å². The van der Waals surface area contributed by atoms with Gasteiger partial charge in [0.05, 0.1) is 0 Å². The molecule has 0 saturated carbocycles. The highest BCUT2D eigenvalue weighted by Crippen LogP contribution is 2.15. The lowest BCUT2D eigenvalue weighted by Gasteiger charge is -2.14. The minimum absolute atomic E-state index is 0.385. The van der Waals surface area contributed by atoms with Crippen LogP contribution in [-0.2, 0) is 11.3 Å². The number of carboxylic acid groups (broad SMARTS) is 1. The summed E-state index contributed by atoms with van der Waals surface area (Å²) >= 11 is 0. The molecule has 0 heterocycles. The third-order valence-corrected chi connectivity index (χ3v) is 2.98. The average molecular weight is 264 g/mol. The molecule has 0 fully saturated rings. The molecule has 0 saturated heterocycles. The number of rotatable bonds is 4. The van der Waals surface area contributed by atoms with Crippen LogP contribution in [0.15, 0.2) is 12.1 Å². The SMILES string of the molecule is Cc1cc(C)c(CNC(=O)NC(C)C(=O)O)c(C)c1. The number of aryl methyl sites for hydroxylation is 3. The third-order valence-electron chi connectivity index (χ3n) is 2.98. The molecule has 1 unspecified atom stereocenters. The molecule has 2 amide bonds. The van der Waals surface area contributed by atoms with E-state index in [1.54, 1.807) is 0 Å². The lowest BCUT2D eigenvalue weighted by atomic mass is 10.00. The molecule has 19 heavy (non-hydrogen) atoms.